The molecule has 4 aromatic rings. The number of furan rings is 1. The lowest BCUT2D eigenvalue weighted by atomic mass is 10.0. The van der Waals surface area contributed by atoms with E-state index < -0.39 is 0 Å². The summed E-state index contributed by atoms with van der Waals surface area (Å²) in [6.07, 6.45) is 1.56. The number of pyridine rings is 1. The SMILES string of the molecule is Cc1ccc(C)c2[nH]c(=O)c(CN(Cc3ccco3)C(=O)Nc3ccc(Cl)cc3)cc12. The van der Waals surface area contributed by atoms with E-state index in [-0.39, 0.29) is 24.7 Å². The zero-order valence-electron chi connectivity index (χ0n) is 17.2. The van der Waals surface area contributed by atoms with Crippen molar-refractivity contribution in [2.24, 2.45) is 0 Å². The molecule has 2 heterocycles. The molecule has 31 heavy (non-hydrogen) atoms. The quantitative estimate of drug-likeness (QED) is 0.426. The van der Waals surface area contributed by atoms with Crippen LogP contribution >= 0.6 is 11.6 Å². The molecule has 0 unspecified atom stereocenters. The average molecular weight is 436 g/mol. The summed E-state index contributed by atoms with van der Waals surface area (Å²) in [6, 6.07) is 15.9. The van der Waals surface area contributed by atoms with E-state index in [2.05, 4.69) is 10.3 Å². The first-order chi connectivity index (χ1) is 14.9. The average Bonchev–Trinajstić information content (AvgIpc) is 3.26. The van der Waals surface area contributed by atoms with E-state index in [9.17, 15) is 9.59 Å². The first-order valence-corrected chi connectivity index (χ1v) is 10.2. The summed E-state index contributed by atoms with van der Waals surface area (Å²) in [5, 5.41) is 4.40. The van der Waals surface area contributed by atoms with Crippen LogP contribution in [-0.2, 0) is 13.1 Å². The normalized spacial score (nSPS) is 10.9. The van der Waals surface area contributed by atoms with Crippen molar-refractivity contribution in [1.29, 1.82) is 0 Å². The number of anilines is 1. The third kappa shape index (κ3) is 4.64. The second kappa shape index (κ2) is 8.70. The number of nitrogens with zero attached hydrogens (tertiary/aromatic N) is 1. The second-order valence-electron chi connectivity index (χ2n) is 7.48. The molecule has 0 atom stereocenters. The number of H-pyrrole nitrogens is 1. The second-order valence-corrected chi connectivity index (χ2v) is 7.92. The first kappa shape index (κ1) is 20.8. The van der Waals surface area contributed by atoms with Gasteiger partial charge in [0, 0.05) is 21.7 Å². The number of carbonyl (C=O) groups excluding carboxylic acids is 1. The molecule has 0 saturated heterocycles. The fraction of sp³-hybridized carbons (Fsp3) is 0.167. The monoisotopic (exact) mass is 435 g/mol. The molecule has 0 saturated carbocycles. The predicted octanol–water partition coefficient (Wildman–Crippen LogP) is 5.63. The number of hydrogen-bond donors (Lipinski definition) is 2. The van der Waals surface area contributed by atoms with Gasteiger partial charge in [0.2, 0.25) is 0 Å². The highest BCUT2D eigenvalue weighted by atomic mass is 35.5. The van der Waals surface area contributed by atoms with Gasteiger partial charge in [-0.05, 0) is 67.4 Å². The van der Waals surface area contributed by atoms with Crippen molar-refractivity contribution in [3.05, 3.63) is 98.7 Å². The van der Waals surface area contributed by atoms with Crippen LogP contribution in [0.5, 0.6) is 0 Å². The summed E-state index contributed by atoms with van der Waals surface area (Å²) in [5.74, 6) is 0.621. The number of aromatic amines is 1. The van der Waals surface area contributed by atoms with Gasteiger partial charge in [0.05, 0.1) is 24.9 Å². The van der Waals surface area contributed by atoms with Crippen LogP contribution in [0.15, 0.2) is 70.1 Å². The molecule has 0 aliphatic rings. The molecule has 6 nitrogen and oxygen atoms in total. The highest BCUT2D eigenvalue weighted by Gasteiger charge is 2.19. The van der Waals surface area contributed by atoms with Gasteiger partial charge < -0.3 is 19.6 Å². The summed E-state index contributed by atoms with van der Waals surface area (Å²) in [4.78, 5) is 30.4. The minimum atomic E-state index is -0.348. The Hall–Kier alpha value is -3.51. The zero-order chi connectivity index (χ0) is 22.0. The van der Waals surface area contributed by atoms with Gasteiger partial charge in [-0.1, -0.05) is 23.7 Å². The maximum Gasteiger partial charge on any atom is 0.322 e. The molecule has 0 fully saturated rings. The molecule has 2 aromatic heterocycles. The zero-order valence-corrected chi connectivity index (χ0v) is 18.0. The number of amides is 2. The highest BCUT2D eigenvalue weighted by molar-refractivity contribution is 6.30. The number of aryl methyl sites for hydroxylation is 2. The number of halogens is 1. The Bertz CT molecular complexity index is 1280. The molecule has 0 bridgehead atoms. The Kier molecular flexibility index (Phi) is 5.82. The summed E-state index contributed by atoms with van der Waals surface area (Å²) >= 11 is 5.93. The van der Waals surface area contributed by atoms with E-state index in [0.717, 1.165) is 22.0 Å². The lowest BCUT2D eigenvalue weighted by Crippen LogP contribution is -2.35. The van der Waals surface area contributed by atoms with Crippen molar-refractivity contribution in [2.45, 2.75) is 26.9 Å². The number of aromatic nitrogens is 1. The number of urea groups is 1. The standard InChI is InChI=1S/C24H22ClN3O3/c1-15-5-6-16(2)22-21(15)12-17(23(29)27-22)13-28(14-20-4-3-11-31-20)24(30)26-19-9-7-18(25)8-10-19/h3-12H,13-14H2,1-2H3,(H,26,30)(H,27,29). The van der Waals surface area contributed by atoms with Gasteiger partial charge in [-0.2, -0.15) is 0 Å². The topological polar surface area (TPSA) is 78.3 Å². The minimum absolute atomic E-state index is 0.124. The van der Waals surface area contributed by atoms with E-state index in [4.69, 9.17) is 16.0 Å². The summed E-state index contributed by atoms with van der Waals surface area (Å²) in [5.41, 5.74) is 3.76. The van der Waals surface area contributed by atoms with Crippen LogP contribution in [0.2, 0.25) is 5.02 Å². The largest absolute Gasteiger partial charge is 0.467 e. The van der Waals surface area contributed by atoms with Gasteiger partial charge in [-0.25, -0.2) is 4.79 Å². The molecule has 158 valence electrons. The summed E-state index contributed by atoms with van der Waals surface area (Å²) < 4.78 is 5.43. The summed E-state index contributed by atoms with van der Waals surface area (Å²) in [6.45, 7) is 4.30. The van der Waals surface area contributed by atoms with E-state index in [1.54, 1.807) is 42.7 Å². The molecular formula is C24H22ClN3O3. The van der Waals surface area contributed by atoms with E-state index in [1.165, 1.54) is 4.90 Å². The van der Waals surface area contributed by atoms with Gasteiger partial charge in [-0.3, -0.25) is 4.79 Å². The Morgan fingerprint density at radius 3 is 2.52 bits per heavy atom. The molecule has 4 rings (SSSR count). The molecule has 0 aliphatic heterocycles. The molecule has 2 aromatic carbocycles. The van der Waals surface area contributed by atoms with Crippen LogP contribution in [0.1, 0.15) is 22.5 Å². The van der Waals surface area contributed by atoms with Crippen molar-refractivity contribution >= 4 is 34.2 Å². The van der Waals surface area contributed by atoms with Crippen LogP contribution in [0, 0.1) is 13.8 Å². The Labute approximate surface area is 184 Å². The smallest absolute Gasteiger partial charge is 0.322 e. The first-order valence-electron chi connectivity index (χ1n) is 9.86. The fourth-order valence-electron chi connectivity index (χ4n) is 3.47. The molecule has 0 spiro atoms. The Morgan fingerprint density at radius 2 is 1.81 bits per heavy atom. The third-order valence-electron chi connectivity index (χ3n) is 5.19. The maximum absolute atomic E-state index is 13.1. The Morgan fingerprint density at radius 1 is 1.06 bits per heavy atom. The molecule has 2 N–H and O–H groups in total. The van der Waals surface area contributed by atoms with E-state index >= 15 is 0 Å². The van der Waals surface area contributed by atoms with Gasteiger partial charge in [0.15, 0.2) is 0 Å². The number of benzene rings is 2. The number of nitrogens with one attached hydrogen (secondary N) is 2. The number of hydrogen-bond acceptors (Lipinski definition) is 3. The highest BCUT2D eigenvalue weighted by Crippen LogP contribution is 2.21. The van der Waals surface area contributed by atoms with Crippen LogP contribution in [0.3, 0.4) is 0 Å². The van der Waals surface area contributed by atoms with Crippen molar-refractivity contribution in [3.63, 3.8) is 0 Å². The van der Waals surface area contributed by atoms with Gasteiger partial charge in [0.1, 0.15) is 5.76 Å². The van der Waals surface area contributed by atoms with Crippen LogP contribution in [0.25, 0.3) is 10.9 Å². The van der Waals surface area contributed by atoms with Crippen LogP contribution in [0.4, 0.5) is 10.5 Å². The van der Waals surface area contributed by atoms with Gasteiger partial charge >= 0.3 is 6.03 Å². The van der Waals surface area contributed by atoms with Crippen LogP contribution < -0.4 is 10.9 Å². The van der Waals surface area contributed by atoms with Crippen molar-refractivity contribution in [3.8, 4) is 0 Å². The minimum Gasteiger partial charge on any atom is -0.467 e. The summed E-state index contributed by atoms with van der Waals surface area (Å²) in [7, 11) is 0. The lowest BCUT2D eigenvalue weighted by molar-refractivity contribution is 0.201. The fourth-order valence-corrected chi connectivity index (χ4v) is 3.59. The maximum atomic E-state index is 13.1. The molecular weight excluding hydrogens is 414 g/mol. The third-order valence-corrected chi connectivity index (χ3v) is 5.44. The number of carbonyl (C=O) groups is 1. The van der Waals surface area contributed by atoms with Gasteiger partial charge in [-0.15, -0.1) is 0 Å². The van der Waals surface area contributed by atoms with Gasteiger partial charge in [0.25, 0.3) is 5.56 Å². The lowest BCUT2D eigenvalue weighted by Gasteiger charge is -2.22. The molecule has 7 heteroatoms. The van der Waals surface area contributed by atoms with E-state index in [0.29, 0.717) is 22.0 Å². The van der Waals surface area contributed by atoms with Crippen molar-refractivity contribution in [2.75, 3.05) is 5.32 Å². The van der Waals surface area contributed by atoms with Crippen molar-refractivity contribution < 1.29 is 9.21 Å². The molecule has 0 aliphatic carbocycles. The number of fused-ring (bicyclic) bond motifs is 1. The van der Waals surface area contributed by atoms with E-state index in [1.807, 2.05) is 32.0 Å². The molecule has 0 radical (unpaired) electrons. The molecule has 2 amide bonds. The Balaban J connectivity index is 1.66. The van der Waals surface area contributed by atoms with Crippen molar-refractivity contribution in [1.82, 2.24) is 9.88 Å². The van der Waals surface area contributed by atoms with Crippen LogP contribution in [-0.4, -0.2) is 15.9 Å². The predicted molar refractivity (Wildman–Crippen MR) is 122 cm³/mol. The number of rotatable bonds is 5.